The van der Waals surface area contributed by atoms with Crippen LogP contribution in [0.4, 0.5) is 10.1 Å². The Kier molecular flexibility index (Phi) is 6.99. The Morgan fingerprint density at radius 3 is 2.52 bits per heavy atom. The maximum Gasteiger partial charge on any atom is 0.315 e. The second kappa shape index (κ2) is 9.45. The van der Waals surface area contributed by atoms with Crippen molar-refractivity contribution in [3.05, 3.63) is 63.0 Å². The SMILES string of the molecule is COc1ccc(F)c(CN(C)C(=O)/C(C#N)=C(\O)c2cc(OC)c(O)c([N+](=O)[O-])c2)c1. The van der Waals surface area contributed by atoms with Crippen LogP contribution in [-0.2, 0) is 11.3 Å². The van der Waals surface area contributed by atoms with Crippen molar-refractivity contribution in [3.63, 3.8) is 0 Å². The molecule has 2 aromatic rings. The third-order valence-electron chi connectivity index (χ3n) is 4.31. The maximum atomic E-state index is 14.1. The monoisotopic (exact) mass is 431 g/mol. The number of carbonyl (C=O) groups excluding carboxylic acids is 1. The molecule has 0 unspecified atom stereocenters. The molecule has 2 N–H and O–H groups in total. The average molecular weight is 431 g/mol. The van der Waals surface area contributed by atoms with Gasteiger partial charge in [-0.15, -0.1) is 0 Å². The van der Waals surface area contributed by atoms with Crippen molar-refractivity contribution in [2.75, 3.05) is 21.3 Å². The van der Waals surface area contributed by atoms with Gasteiger partial charge < -0.3 is 24.6 Å². The number of aromatic hydroxyl groups is 1. The molecule has 0 bridgehead atoms. The number of nitrogens with zero attached hydrogens (tertiary/aromatic N) is 3. The Labute approximate surface area is 176 Å². The van der Waals surface area contributed by atoms with E-state index < -0.39 is 39.4 Å². The second-order valence-electron chi connectivity index (χ2n) is 6.26. The molecular weight excluding hydrogens is 413 g/mol. The Morgan fingerprint density at radius 1 is 1.29 bits per heavy atom. The number of phenols is 1. The lowest BCUT2D eigenvalue weighted by molar-refractivity contribution is -0.386. The van der Waals surface area contributed by atoms with E-state index in [0.717, 1.165) is 30.2 Å². The molecular formula is C20H18FN3O7. The van der Waals surface area contributed by atoms with E-state index >= 15 is 0 Å². The van der Waals surface area contributed by atoms with Crippen LogP contribution in [0.2, 0.25) is 0 Å². The Hall–Kier alpha value is -4.33. The summed E-state index contributed by atoms with van der Waals surface area (Å²) in [4.78, 5) is 23.9. The van der Waals surface area contributed by atoms with Gasteiger partial charge in [-0.05, 0) is 24.3 Å². The lowest BCUT2D eigenvalue weighted by Gasteiger charge is -2.18. The van der Waals surface area contributed by atoms with Crippen LogP contribution in [0.15, 0.2) is 35.9 Å². The third kappa shape index (κ3) is 4.81. The van der Waals surface area contributed by atoms with Gasteiger partial charge in [0, 0.05) is 30.8 Å². The molecule has 0 saturated carbocycles. The highest BCUT2D eigenvalue weighted by molar-refractivity contribution is 6.03. The van der Waals surface area contributed by atoms with Crippen molar-refractivity contribution in [1.82, 2.24) is 4.90 Å². The van der Waals surface area contributed by atoms with Crippen LogP contribution in [0.1, 0.15) is 11.1 Å². The normalized spacial score (nSPS) is 11.2. The lowest BCUT2D eigenvalue weighted by atomic mass is 10.1. The van der Waals surface area contributed by atoms with E-state index in [4.69, 9.17) is 9.47 Å². The smallest absolute Gasteiger partial charge is 0.315 e. The fourth-order valence-corrected chi connectivity index (χ4v) is 2.69. The van der Waals surface area contributed by atoms with Crippen LogP contribution in [0.25, 0.3) is 5.76 Å². The minimum absolute atomic E-state index is 0.105. The Morgan fingerprint density at radius 2 is 1.97 bits per heavy atom. The molecule has 1 amide bonds. The lowest BCUT2D eigenvalue weighted by Crippen LogP contribution is -2.28. The number of ether oxygens (including phenoxy) is 2. The van der Waals surface area contributed by atoms with Gasteiger partial charge >= 0.3 is 5.69 Å². The summed E-state index contributed by atoms with van der Waals surface area (Å²) in [6.45, 7) is -0.251. The summed E-state index contributed by atoms with van der Waals surface area (Å²) in [5.74, 6) is -3.19. The second-order valence-corrected chi connectivity index (χ2v) is 6.26. The van der Waals surface area contributed by atoms with E-state index in [1.165, 1.54) is 26.3 Å². The molecule has 0 aliphatic rings. The van der Waals surface area contributed by atoms with Crippen LogP contribution in [0.5, 0.6) is 17.2 Å². The average Bonchev–Trinajstić information content (AvgIpc) is 2.75. The van der Waals surface area contributed by atoms with Gasteiger partial charge in [0.25, 0.3) is 5.91 Å². The molecule has 0 heterocycles. The molecule has 2 rings (SSSR count). The molecule has 162 valence electrons. The number of aliphatic hydroxyl groups excluding tert-OH is 1. The molecule has 31 heavy (non-hydrogen) atoms. The van der Waals surface area contributed by atoms with E-state index in [9.17, 15) is 34.8 Å². The Balaban J connectivity index is 2.46. The van der Waals surface area contributed by atoms with E-state index in [-0.39, 0.29) is 23.4 Å². The summed E-state index contributed by atoms with van der Waals surface area (Å²) >= 11 is 0. The molecule has 0 aliphatic carbocycles. The van der Waals surface area contributed by atoms with E-state index in [0.29, 0.717) is 5.75 Å². The molecule has 0 aromatic heterocycles. The first kappa shape index (κ1) is 23.0. The van der Waals surface area contributed by atoms with E-state index in [2.05, 4.69) is 0 Å². The number of rotatable bonds is 7. The van der Waals surface area contributed by atoms with Crippen LogP contribution < -0.4 is 9.47 Å². The van der Waals surface area contributed by atoms with E-state index in [1.807, 2.05) is 0 Å². The fourth-order valence-electron chi connectivity index (χ4n) is 2.69. The highest BCUT2D eigenvalue weighted by atomic mass is 19.1. The summed E-state index contributed by atoms with van der Waals surface area (Å²) < 4.78 is 23.9. The van der Waals surface area contributed by atoms with Crippen molar-refractivity contribution >= 4 is 17.4 Å². The molecule has 0 saturated heterocycles. The van der Waals surface area contributed by atoms with Gasteiger partial charge in [-0.25, -0.2) is 4.39 Å². The summed E-state index contributed by atoms with van der Waals surface area (Å²) in [7, 11) is 3.81. The molecule has 0 atom stereocenters. The quantitative estimate of drug-likeness (QED) is 0.224. The zero-order valence-corrected chi connectivity index (χ0v) is 16.7. The number of carbonyl (C=O) groups is 1. The van der Waals surface area contributed by atoms with Crippen molar-refractivity contribution in [1.29, 1.82) is 5.26 Å². The summed E-state index contributed by atoms with van der Waals surface area (Å²) in [6.07, 6.45) is 0. The number of likely N-dealkylation sites (N-methyl/N-ethyl adjacent to an activating group) is 1. The summed E-state index contributed by atoms with van der Waals surface area (Å²) in [5, 5.41) is 40.9. The summed E-state index contributed by atoms with van der Waals surface area (Å²) in [5.41, 5.74) is -1.73. The van der Waals surface area contributed by atoms with Gasteiger partial charge in [0.1, 0.15) is 23.4 Å². The molecule has 11 heteroatoms. The van der Waals surface area contributed by atoms with Crippen molar-refractivity contribution in [3.8, 4) is 23.3 Å². The zero-order chi connectivity index (χ0) is 23.3. The number of phenolic OH excluding ortho intramolecular Hbond substituents is 1. The number of amides is 1. The standard InChI is InChI=1S/C20H18FN3O7/c1-23(10-12-6-13(30-2)4-5-15(12)21)20(27)14(9-22)18(25)11-7-16(24(28)29)19(26)17(8-11)31-3/h4-8,25-26H,10H2,1-3H3/b18-14-. The predicted octanol–water partition coefficient (Wildman–Crippen LogP) is 2.91. The number of methoxy groups -OCH3 is 2. The number of halogens is 1. The predicted molar refractivity (Wildman–Crippen MR) is 106 cm³/mol. The van der Waals surface area contributed by atoms with Crippen molar-refractivity contribution < 1.29 is 33.8 Å². The van der Waals surface area contributed by atoms with Crippen molar-refractivity contribution in [2.45, 2.75) is 6.54 Å². The van der Waals surface area contributed by atoms with Crippen LogP contribution in [0.3, 0.4) is 0 Å². The number of hydrogen-bond acceptors (Lipinski definition) is 8. The van der Waals surface area contributed by atoms with Gasteiger partial charge in [-0.3, -0.25) is 14.9 Å². The number of nitriles is 1. The van der Waals surface area contributed by atoms with Gasteiger partial charge in [0.15, 0.2) is 11.3 Å². The molecule has 0 fully saturated rings. The molecule has 0 radical (unpaired) electrons. The highest BCUT2D eigenvalue weighted by Crippen LogP contribution is 2.38. The largest absolute Gasteiger partial charge is 0.506 e. The minimum Gasteiger partial charge on any atom is -0.506 e. The van der Waals surface area contributed by atoms with Gasteiger partial charge in [-0.1, -0.05) is 0 Å². The molecule has 10 nitrogen and oxygen atoms in total. The number of aliphatic hydroxyl groups is 1. The van der Waals surface area contributed by atoms with Crippen LogP contribution in [-0.4, -0.2) is 47.2 Å². The first-order valence-electron chi connectivity index (χ1n) is 8.61. The first-order valence-corrected chi connectivity index (χ1v) is 8.61. The first-order chi connectivity index (χ1) is 14.6. The van der Waals surface area contributed by atoms with Gasteiger partial charge in [-0.2, -0.15) is 5.26 Å². The molecule has 0 spiro atoms. The van der Waals surface area contributed by atoms with Crippen molar-refractivity contribution in [2.24, 2.45) is 0 Å². The third-order valence-corrected chi connectivity index (χ3v) is 4.31. The fraction of sp³-hybridized carbons (Fsp3) is 0.200. The number of nitro benzene ring substituents is 1. The Bertz CT molecular complexity index is 1110. The van der Waals surface area contributed by atoms with E-state index in [1.54, 1.807) is 6.07 Å². The molecule has 0 aliphatic heterocycles. The maximum absolute atomic E-state index is 14.1. The van der Waals surface area contributed by atoms with Gasteiger partial charge in [0.05, 0.1) is 19.1 Å². The van der Waals surface area contributed by atoms with Crippen LogP contribution >= 0.6 is 0 Å². The minimum atomic E-state index is -0.961. The zero-order valence-electron chi connectivity index (χ0n) is 16.7. The van der Waals surface area contributed by atoms with Crippen LogP contribution in [0, 0.1) is 27.3 Å². The number of benzene rings is 2. The summed E-state index contributed by atoms with van der Waals surface area (Å²) in [6, 6.07) is 7.31. The number of hydrogen-bond donors (Lipinski definition) is 2. The topological polar surface area (TPSA) is 146 Å². The van der Waals surface area contributed by atoms with Gasteiger partial charge in [0.2, 0.25) is 5.75 Å². The highest BCUT2D eigenvalue weighted by Gasteiger charge is 2.26. The molecule has 2 aromatic carbocycles. The number of nitro groups is 1.